The molecule has 0 aliphatic carbocycles. The van der Waals surface area contributed by atoms with Crippen LogP contribution in [-0.4, -0.2) is 9.38 Å². The minimum Gasteiger partial charge on any atom is -0.456 e. The zero-order valence-electron chi connectivity index (χ0n) is 14.6. The van der Waals surface area contributed by atoms with Crippen LogP contribution in [0.25, 0.3) is 60.2 Å². The smallest absolute Gasteiger partial charge is 0.264 e. The molecular formula is C24H12N2O2. The summed E-state index contributed by atoms with van der Waals surface area (Å²) in [7, 11) is 0. The number of fused-ring (bicyclic) bond motifs is 7. The highest BCUT2D eigenvalue weighted by Crippen LogP contribution is 2.34. The van der Waals surface area contributed by atoms with E-state index in [1.165, 1.54) is 0 Å². The van der Waals surface area contributed by atoms with Crippen LogP contribution in [0.4, 0.5) is 0 Å². The largest absolute Gasteiger partial charge is 0.456 e. The van der Waals surface area contributed by atoms with E-state index in [4.69, 9.17) is 9.40 Å². The monoisotopic (exact) mass is 360 g/mol. The molecule has 0 aliphatic rings. The number of furan rings is 1. The van der Waals surface area contributed by atoms with Crippen molar-refractivity contribution in [3.05, 3.63) is 83.2 Å². The molecule has 0 radical (unpaired) electrons. The van der Waals surface area contributed by atoms with Crippen LogP contribution in [0.15, 0.2) is 82.0 Å². The summed E-state index contributed by atoms with van der Waals surface area (Å²) in [5.74, 6) is 0. The molecule has 0 fully saturated rings. The van der Waals surface area contributed by atoms with Crippen molar-refractivity contribution in [1.82, 2.24) is 9.38 Å². The van der Waals surface area contributed by atoms with Gasteiger partial charge in [-0.2, -0.15) is 0 Å². The Kier molecular flexibility index (Phi) is 2.37. The summed E-state index contributed by atoms with van der Waals surface area (Å²) in [5, 5.41) is 5.78. The molecule has 3 heterocycles. The second kappa shape index (κ2) is 4.67. The lowest BCUT2D eigenvalue weighted by atomic mass is 10.0. The number of benzene rings is 4. The Morgan fingerprint density at radius 2 is 1.54 bits per heavy atom. The van der Waals surface area contributed by atoms with Crippen LogP contribution in [0.2, 0.25) is 0 Å². The minimum absolute atomic E-state index is 0.0334. The average molecular weight is 360 g/mol. The first-order chi connectivity index (χ1) is 13.8. The highest BCUT2D eigenvalue weighted by molar-refractivity contribution is 6.16. The van der Waals surface area contributed by atoms with Crippen molar-refractivity contribution in [1.29, 1.82) is 0 Å². The normalized spacial score (nSPS) is 12.4. The molecule has 0 saturated carbocycles. The molecule has 7 aromatic rings. The average Bonchev–Trinajstić information content (AvgIpc) is 3.28. The standard InChI is InChI=1S/C24H12N2O2/c27-24-16-9-4-6-13-5-3-8-15(22(13)16)23-25-18-12-21-17(11-19(18)26(23)24)14-7-1-2-10-20(14)28-21/h1-12H. The summed E-state index contributed by atoms with van der Waals surface area (Å²) in [6, 6.07) is 23.9. The molecular weight excluding hydrogens is 348 g/mol. The van der Waals surface area contributed by atoms with E-state index in [0.29, 0.717) is 5.65 Å². The molecule has 0 aliphatic heterocycles. The van der Waals surface area contributed by atoms with Crippen molar-refractivity contribution in [3.63, 3.8) is 0 Å². The Labute approximate surface area is 157 Å². The van der Waals surface area contributed by atoms with Crippen LogP contribution in [0.3, 0.4) is 0 Å². The zero-order chi connectivity index (χ0) is 18.4. The molecule has 3 aromatic heterocycles. The van der Waals surface area contributed by atoms with Gasteiger partial charge in [-0.3, -0.25) is 9.20 Å². The summed E-state index contributed by atoms with van der Waals surface area (Å²) in [4.78, 5) is 18.2. The highest BCUT2D eigenvalue weighted by atomic mass is 16.3. The van der Waals surface area contributed by atoms with Crippen LogP contribution in [-0.2, 0) is 0 Å². The van der Waals surface area contributed by atoms with Crippen LogP contribution in [0.5, 0.6) is 0 Å². The molecule has 0 saturated heterocycles. The van der Waals surface area contributed by atoms with Crippen LogP contribution >= 0.6 is 0 Å². The van der Waals surface area contributed by atoms with E-state index in [1.54, 1.807) is 4.40 Å². The third-order valence-corrected chi connectivity index (χ3v) is 5.73. The van der Waals surface area contributed by atoms with E-state index < -0.39 is 0 Å². The third kappa shape index (κ3) is 1.57. The van der Waals surface area contributed by atoms with E-state index in [1.807, 2.05) is 72.8 Å². The molecule has 0 amide bonds. The van der Waals surface area contributed by atoms with Crippen LogP contribution < -0.4 is 5.56 Å². The van der Waals surface area contributed by atoms with E-state index in [-0.39, 0.29) is 5.56 Å². The number of rotatable bonds is 0. The number of para-hydroxylation sites is 1. The number of hydrogen-bond acceptors (Lipinski definition) is 3. The van der Waals surface area contributed by atoms with Gasteiger partial charge in [0.15, 0.2) is 0 Å². The fourth-order valence-corrected chi connectivity index (χ4v) is 4.51. The van der Waals surface area contributed by atoms with Crippen molar-refractivity contribution < 1.29 is 4.42 Å². The third-order valence-electron chi connectivity index (χ3n) is 5.73. The molecule has 4 heteroatoms. The topological polar surface area (TPSA) is 47.5 Å². The van der Waals surface area contributed by atoms with Crippen molar-refractivity contribution >= 4 is 60.2 Å². The Morgan fingerprint density at radius 3 is 2.43 bits per heavy atom. The summed E-state index contributed by atoms with van der Waals surface area (Å²) in [5.41, 5.74) is 3.86. The molecule has 4 nitrogen and oxygen atoms in total. The predicted octanol–water partition coefficient (Wildman–Crippen LogP) is 5.49. The molecule has 0 atom stereocenters. The number of imidazole rings is 1. The van der Waals surface area contributed by atoms with Gasteiger partial charge in [0, 0.05) is 33.0 Å². The molecule has 4 aromatic carbocycles. The lowest BCUT2D eigenvalue weighted by molar-refractivity contribution is 0.669. The number of pyridine rings is 1. The first-order valence-electron chi connectivity index (χ1n) is 9.20. The van der Waals surface area contributed by atoms with Gasteiger partial charge in [0.2, 0.25) is 0 Å². The second-order valence-corrected chi connectivity index (χ2v) is 7.22. The van der Waals surface area contributed by atoms with Gasteiger partial charge in [-0.25, -0.2) is 4.98 Å². The van der Waals surface area contributed by atoms with Gasteiger partial charge in [-0.1, -0.05) is 48.5 Å². The first-order valence-corrected chi connectivity index (χ1v) is 9.20. The van der Waals surface area contributed by atoms with Crippen molar-refractivity contribution in [2.45, 2.75) is 0 Å². The highest BCUT2D eigenvalue weighted by Gasteiger charge is 2.17. The molecule has 7 rings (SSSR count). The summed E-state index contributed by atoms with van der Waals surface area (Å²) >= 11 is 0. The van der Waals surface area contributed by atoms with E-state index in [0.717, 1.165) is 54.5 Å². The van der Waals surface area contributed by atoms with Gasteiger partial charge < -0.3 is 4.42 Å². The lowest BCUT2D eigenvalue weighted by Gasteiger charge is -2.06. The number of hydrogen-bond donors (Lipinski definition) is 0. The zero-order valence-corrected chi connectivity index (χ0v) is 14.6. The summed E-state index contributed by atoms with van der Waals surface area (Å²) in [6.07, 6.45) is 0. The number of nitrogens with zero attached hydrogens (tertiary/aromatic N) is 2. The quantitative estimate of drug-likeness (QED) is 0.359. The maximum atomic E-state index is 13.4. The van der Waals surface area contributed by atoms with Crippen LogP contribution in [0, 0.1) is 0 Å². The van der Waals surface area contributed by atoms with Gasteiger partial charge in [-0.05, 0) is 23.6 Å². The maximum absolute atomic E-state index is 13.4. The summed E-state index contributed by atoms with van der Waals surface area (Å²) in [6.45, 7) is 0. The van der Waals surface area contributed by atoms with Gasteiger partial charge in [0.25, 0.3) is 5.56 Å². The lowest BCUT2D eigenvalue weighted by Crippen LogP contribution is -2.13. The van der Waals surface area contributed by atoms with Gasteiger partial charge >= 0.3 is 0 Å². The fourth-order valence-electron chi connectivity index (χ4n) is 4.51. The molecule has 130 valence electrons. The van der Waals surface area contributed by atoms with E-state index >= 15 is 0 Å². The van der Waals surface area contributed by atoms with Gasteiger partial charge in [-0.15, -0.1) is 0 Å². The molecule has 0 bridgehead atoms. The van der Waals surface area contributed by atoms with E-state index in [9.17, 15) is 4.79 Å². The minimum atomic E-state index is -0.0334. The maximum Gasteiger partial charge on any atom is 0.264 e. The SMILES string of the molecule is O=c1c2cccc3cccc(c32)c2nc3cc4oc5ccccc5c4cc3n12. The van der Waals surface area contributed by atoms with Crippen molar-refractivity contribution in [3.8, 4) is 0 Å². The van der Waals surface area contributed by atoms with Gasteiger partial charge in [0.1, 0.15) is 16.8 Å². The Hall–Kier alpha value is -3.92. The Balaban J connectivity index is 1.79. The van der Waals surface area contributed by atoms with Crippen molar-refractivity contribution in [2.24, 2.45) is 0 Å². The molecule has 0 unspecified atom stereocenters. The second-order valence-electron chi connectivity index (χ2n) is 7.22. The Bertz CT molecular complexity index is 1780. The molecule has 28 heavy (non-hydrogen) atoms. The Morgan fingerprint density at radius 1 is 0.750 bits per heavy atom. The summed E-state index contributed by atoms with van der Waals surface area (Å²) < 4.78 is 7.75. The van der Waals surface area contributed by atoms with Crippen molar-refractivity contribution in [2.75, 3.05) is 0 Å². The molecule has 0 spiro atoms. The van der Waals surface area contributed by atoms with E-state index in [2.05, 4.69) is 0 Å². The van der Waals surface area contributed by atoms with Crippen LogP contribution in [0.1, 0.15) is 0 Å². The first kappa shape index (κ1) is 14.2. The van der Waals surface area contributed by atoms with Gasteiger partial charge in [0.05, 0.1) is 11.0 Å². The number of aromatic nitrogens is 2. The molecule has 0 N–H and O–H groups in total. The predicted molar refractivity (Wildman–Crippen MR) is 112 cm³/mol. The fraction of sp³-hybridized carbons (Fsp3) is 0.